The number of hydrogen-bond acceptors (Lipinski definition) is 6. The van der Waals surface area contributed by atoms with E-state index in [1.54, 1.807) is 26.2 Å². The minimum Gasteiger partial charge on any atom is -0.496 e. The van der Waals surface area contributed by atoms with Crippen LogP contribution in [0.5, 0.6) is 5.75 Å². The SMILES string of the molecule is COc1cc(C)c(S(=O)(=O)NCc2nc(-c3cccc(Br)c3)no2)cc1C(C)C. The summed E-state index contributed by atoms with van der Waals surface area (Å²) in [6.07, 6.45) is 0. The van der Waals surface area contributed by atoms with E-state index in [-0.39, 0.29) is 23.2 Å². The van der Waals surface area contributed by atoms with E-state index in [4.69, 9.17) is 9.26 Å². The fourth-order valence-corrected chi connectivity index (χ4v) is 4.53. The van der Waals surface area contributed by atoms with Crippen molar-refractivity contribution in [2.24, 2.45) is 0 Å². The highest BCUT2D eigenvalue weighted by Crippen LogP contribution is 2.31. The van der Waals surface area contributed by atoms with Gasteiger partial charge in [0.05, 0.1) is 18.6 Å². The molecule has 0 aliphatic carbocycles. The average molecular weight is 480 g/mol. The Morgan fingerprint density at radius 2 is 2.00 bits per heavy atom. The molecule has 0 unspecified atom stereocenters. The Kier molecular flexibility index (Phi) is 6.40. The first-order valence-electron chi connectivity index (χ1n) is 8.98. The quantitative estimate of drug-likeness (QED) is 0.538. The molecule has 2 aromatic carbocycles. The number of methoxy groups -OCH3 is 1. The maximum atomic E-state index is 12.9. The second-order valence-electron chi connectivity index (χ2n) is 6.86. The van der Waals surface area contributed by atoms with E-state index < -0.39 is 10.0 Å². The number of nitrogens with zero attached hydrogens (tertiary/aromatic N) is 2. The van der Waals surface area contributed by atoms with Gasteiger partial charge in [-0.25, -0.2) is 13.1 Å². The second-order valence-corrected chi connectivity index (χ2v) is 9.51. The smallest absolute Gasteiger partial charge is 0.242 e. The molecule has 3 aromatic rings. The van der Waals surface area contributed by atoms with Crippen molar-refractivity contribution in [3.05, 3.63) is 57.9 Å². The fraction of sp³-hybridized carbons (Fsp3) is 0.300. The predicted octanol–water partition coefficient (Wildman–Crippen LogP) is 4.42. The van der Waals surface area contributed by atoms with Gasteiger partial charge in [-0.05, 0) is 48.2 Å². The molecular formula is C20H22BrN3O4S. The molecule has 0 spiro atoms. The molecule has 0 bridgehead atoms. The molecule has 9 heteroatoms. The molecule has 29 heavy (non-hydrogen) atoms. The topological polar surface area (TPSA) is 94.3 Å². The van der Waals surface area contributed by atoms with E-state index in [1.807, 2.05) is 38.1 Å². The lowest BCUT2D eigenvalue weighted by molar-refractivity contribution is 0.376. The molecule has 1 aromatic heterocycles. The monoisotopic (exact) mass is 479 g/mol. The zero-order valence-electron chi connectivity index (χ0n) is 16.6. The molecule has 0 atom stereocenters. The fourth-order valence-electron chi connectivity index (χ4n) is 2.90. The van der Waals surface area contributed by atoms with Crippen molar-refractivity contribution >= 4 is 26.0 Å². The van der Waals surface area contributed by atoms with Crippen LogP contribution in [0.1, 0.15) is 36.8 Å². The van der Waals surface area contributed by atoms with Crippen molar-refractivity contribution < 1.29 is 17.7 Å². The summed E-state index contributed by atoms with van der Waals surface area (Å²) in [6.45, 7) is 5.60. The number of sulfonamides is 1. The summed E-state index contributed by atoms with van der Waals surface area (Å²) < 4.78 is 39.8. The molecule has 0 aliphatic heterocycles. The van der Waals surface area contributed by atoms with Gasteiger partial charge in [0.1, 0.15) is 5.75 Å². The third kappa shape index (κ3) is 4.85. The van der Waals surface area contributed by atoms with Crippen LogP contribution in [0.15, 0.2) is 50.3 Å². The Labute approximate surface area is 178 Å². The molecule has 0 fully saturated rings. The average Bonchev–Trinajstić information content (AvgIpc) is 3.15. The first kappa shape index (κ1) is 21.5. The molecule has 3 rings (SSSR count). The number of nitrogens with one attached hydrogen (secondary N) is 1. The van der Waals surface area contributed by atoms with Crippen molar-refractivity contribution in [3.63, 3.8) is 0 Å². The van der Waals surface area contributed by atoms with Gasteiger partial charge in [0.25, 0.3) is 0 Å². The van der Waals surface area contributed by atoms with Crippen LogP contribution in [0.25, 0.3) is 11.4 Å². The molecule has 0 radical (unpaired) electrons. The molecule has 0 amide bonds. The normalized spacial score (nSPS) is 11.8. The van der Waals surface area contributed by atoms with E-state index in [1.165, 1.54) is 0 Å². The Bertz CT molecular complexity index is 1130. The highest BCUT2D eigenvalue weighted by atomic mass is 79.9. The lowest BCUT2D eigenvalue weighted by Crippen LogP contribution is -2.24. The van der Waals surface area contributed by atoms with Gasteiger partial charge >= 0.3 is 0 Å². The number of ether oxygens (including phenoxy) is 1. The number of rotatable bonds is 7. The minimum atomic E-state index is -3.77. The van der Waals surface area contributed by atoms with Crippen LogP contribution in [0, 0.1) is 6.92 Å². The molecule has 0 saturated carbocycles. The van der Waals surface area contributed by atoms with Gasteiger partial charge in [0.2, 0.25) is 21.7 Å². The van der Waals surface area contributed by atoms with Crippen LogP contribution in [0.4, 0.5) is 0 Å². The van der Waals surface area contributed by atoms with Gasteiger partial charge < -0.3 is 9.26 Å². The zero-order chi connectivity index (χ0) is 21.2. The maximum absolute atomic E-state index is 12.9. The zero-order valence-corrected chi connectivity index (χ0v) is 19.0. The molecule has 1 N–H and O–H groups in total. The Morgan fingerprint density at radius 1 is 1.24 bits per heavy atom. The number of hydrogen-bond donors (Lipinski definition) is 1. The van der Waals surface area contributed by atoms with Gasteiger partial charge in [-0.15, -0.1) is 0 Å². The van der Waals surface area contributed by atoms with Crippen molar-refractivity contribution in [3.8, 4) is 17.1 Å². The van der Waals surface area contributed by atoms with Crippen LogP contribution >= 0.6 is 15.9 Å². The van der Waals surface area contributed by atoms with E-state index in [0.29, 0.717) is 17.1 Å². The minimum absolute atomic E-state index is 0.105. The molecule has 0 saturated heterocycles. The maximum Gasteiger partial charge on any atom is 0.242 e. The first-order valence-corrected chi connectivity index (χ1v) is 11.3. The summed E-state index contributed by atoms with van der Waals surface area (Å²) in [6, 6.07) is 10.8. The number of aromatic nitrogens is 2. The second kappa shape index (κ2) is 8.64. The van der Waals surface area contributed by atoms with Gasteiger partial charge in [-0.1, -0.05) is 47.1 Å². The standard InChI is InChI=1S/C20H22BrN3O4S/c1-12(2)16-10-18(13(3)8-17(16)27-4)29(25,26)22-11-19-23-20(24-28-19)14-6-5-7-15(21)9-14/h5-10,12,22H,11H2,1-4H3. The predicted molar refractivity (Wildman–Crippen MR) is 113 cm³/mol. The largest absolute Gasteiger partial charge is 0.496 e. The van der Waals surface area contributed by atoms with Crippen molar-refractivity contribution in [1.29, 1.82) is 0 Å². The van der Waals surface area contributed by atoms with Gasteiger partial charge in [-0.3, -0.25) is 0 Å². The van der Waals surface area contributed by atoms with Crippen molar-refractivity contribution in [1.82, 2.24) is 14.9 Å². The lowest BCUT2D eigenvalue weighted by atomic mass is 10.0. The summed E-state index contributed by atoms with van der Waals surface area (Å²) in [5.41, 5.74) is 2.19. The molecular weight excluding hydrogens is 458 g/mol. The van der Waals surface area contributed by atoms with E-state index in [0.717, 1.165) is 15.6 Å². The Morgan fingerprint density at radius 3 is 2.66 bits per heavy atom. The lowest BCUT2D eigenvalue weighted by Gasteiger charge is -2.16. The third-order valence-corrected chi connectivity index (χ3v) is 6.44. The number of benzene rings is 2. The van der Waals surface area contributed by atoms with Gasteiger partial charge in [0.15, 0.2) is 0 Å². The summed E-state index contributed by atoms with van der Waals surface area (Å²) in [4.78, 5) is 4.47. The van der Waals surface area contributed by atoms with Crippen LogP contribution in [0.2, 0.25) is 0 Å². The van der Waals surface area contributed by atoms with E-state index >= 15 is 0 Å². The highest BCUT2D eigenvalue weighted by Gasteiger charge is 2.22. The van der Waals surface area contributed by atoms with Crippen molar-refractivity contribution in [2.75, 3.05) is 7.11 Å². The van der Waals surface area contributed by atoms with E-state index in [2.05, 4.69) is 30.8 Å². The molecule has 1 heterocycles. The Balaban J connectivity index is 1.81. The van der Waals surface area contributed by atoms with Crippen LogP contribution in [-0.2, 0) is 16.6 Å². The summed E-state index contributed by atoms with van der Waals surface area (Å²) in [5.74, 6) is 1.36. The van der Waals surface area contributed by atoms with Crippen LogP contribution in [0.3, 0.4) is 0 Å². The number of aryl methyl sites for hydroxylation is 1. The Hall–Kier alpha value is -2.23. The summed E-state index contributed by atoms with van der Waals surface area (Å²) >= 11 is 3.40. The molecule has 7 nitrogen and oxygen atoms in total. The third-order valence-electron chi connectivity index (χ3n) is 4.40. The van der Waals surface area contributed by atoms with Crippen LogP contribution < -0.4 is 9.46 Å². The number of halogens is 1. The van der Waals surface area contributed by atoms with Gasteiger partial charge in [0, 0.05) is 10.0 Å². The van der Waals surface area contributed by atoms with E-state index in [9.17, 15) is 8.42 Å². The summed E-state index contributed by atoms with van der Waals surface area (Å²) in [7, 11) is -2.20. The molecule has 0 aliphatic rings. The van der Waals surface area contributed by atoms with Gasteiger partial charge in [-0.2, -0.15) is 4.98 Å². The summed E-state index contributed by atoms with van der Waals surface area (Å²) in [5, 5.41) is 3.92. The highest BCUT2D eigenvalue weighted by molar-refractivity contribution is 9.10. The van der Waals surface area contributed by atoms with Crippen LogP contribution in [-0.4, -0.2) is 25.7 Å². The van der Waals surface area contributed by atoms with Crippen molar-refractivity contribution in [2.45, 2.75) is 38.1 Å². The molecule has 154 valence electrons. The first-order chi connectivity index (χ1) is 13.7.